The molecule has 0 bridgehead atoms. The fraction of sp³-hybridized carbons (Fsp3) is 0.240. The summed E-state index contributed by atoms with van der Waals surface area (Å²) in [6.45, 7) is 3.97. The van der Waals surface area contributed by atoms with Crippen LogP contribution >= 0.6 is 0 Å². The van der Waals surface area contributed by atoms with E-state index < -0.39 is 34.7 Å². The Labute approximate surface area is 208 Å². The normalized spacial score (nSPS) is 12.1. The molecule has 0 radical (unpaired) electrons. The van der Waals surface area contributed by atoms with E-state index in [-0.39, 0.29) is 51.7 Å². The maximum Gasteiger partial charge on any atom is 0.416 e. The van der Waals surface area contributed by atoms with Crippen LogP contribution in [-0.4, -0.2) is 39.7 Å². The first kappa shape index (κ1) is 27.1. The summed E-state index contributed by atoms with van der Waals surface area (Å²) in [5.74, 6) is -2.47. The summed E-state index contributed by atoms with van der Waals surface area (Å²) in [5.41, 5.74) is -1.55. The highest BCUT2D eigenvalue weighted by molar-refractivity contribution is 6.06. The Balaban J connectivity index is 1.93. The summed E-state index contributed by atoms with van der Waals surface area (Å²) in [7, 11) is 0. The van der Waals surface area contributed by atoms with Gasteiger partial charge < -0.3 is 14.6 Å². The number of non-ortho nitro benzene ring substituents is 1. The van der Waals surface area contributed by atoms with Gasteiger partial charge >= 0.3 is 18.1 Å². The average Bonchev–Trinajstić information content (AvgIpc) is 2.81. The van der Waals surface area contributed by atoms with Crippen molar-refractivity contribution >= 4 is 17.6 Å². The second kappa shape index (κ2) is 10.6. The van der Waals surface area contributed by atoms with Crippen LogP contribution in [0.4, 0.5) is 18.9 Å². The molecule has 0 saturated heterocycles. The van der Waals surface area contributed by atoms with E-state index in [1.54, 1.807) is 0 Å². The van der Waals surface area contributed by atoms with Crippen LogP contribution in [0.1, 0.15) is 44.6 Å². The number of aryl methyl sites for hydroxylation is 2. The third kappa shape index (κ3) is 6.21. The van der Waals surface area contributed by atoms with Gasteiger partial charge in [-0.2, -0.15) is 13.2 Å². The lowest BCUT2D eigenvalue weighted by Crippen LogP contribution is -2.23. The van der Waals surface area contributed by atoms with Gasteiger partial charge in [0.1, 0.15) is 18.5 Å². The van der Waals surface area contributed by atoms with Crippen molar-refractivity contribution in [2.45, 2.75) is 33.1 Å². The third-order valence-corrected chi connectivity index (χ3v) is 5.27. The molecule has 0 fully saturated rings. The molecule has 1 aromatic heterocycles. The quantitative estimate of drug-likeness (QED) is 0.231. The molecule has 0 amide bonds. The molecule has 1 atom stereocenters. The van der Waals surface area contributed by atoms with Crippen LogP contribution in [-0.2, 0) is 10.9 Å². The number of halogens is 3. The van der Waals surface area contributed by atoms with Gasteiger partial charge in [-0.25, -0.2) is 9.59 Å². The van der Waals surface area contributed by atoms with E-state index in [1.165, 1.54) is 51.1 Å². The SMILES string of the molecule is Cc1nc(C)c(C(=O)OCC(C)Oc2cccc(C(F)(F)F)c2)c(-c2cccc([N+](=O)[O-])c2)c1C(=O)O. The molecule has 9 nitrogen and oxygen atoms in total. The second-order valence-corrected chi connectivity index (χ2v) is 8.07. The topological polar surface area (TPSA) is 129 Å². The molecule has 3 rings (SSSR count). The minimum absolute atomic E-state index is 0.0861. The van der Waals surface area contributed by atoms with E-state index in [4.69, 9.17) is 9.47 Å². The molecule has 1 N–H and O–H groups in total. The number of nitro benzene ring substituents is 1. The van der Waals surface area contributed by atoms with Crippen LogP contribution < -0.4 is 4.74 Å². The number of carbonyl (C=O) groups is 2. The van der Waals surface area contributed by atoms with Crippen LogP contribution in [0.15, 0.2) is 48.5 Å². The highest BCUT2D eigenvalue weighted by atomic mass is 19.4. The lowest BCUT2D eigenvalue weighted by Gasteiger charge is -2.19. The number of carboxylic acids is 1. The zero-order chi connectivity index (χ0) is 27.5. The van der Waals surface area contributed by atoms with E-state index in [9.17, 15) is 38.0 Å². The number of pyridine rings is 1. The Morgan fingerprint density at radius 3 is 2.35 bits per heavy atom. The van der Waals surface area contributed by atoms with Crippen LogP contribution in [0.2, 0.25) is 0 Å². The molecule has 0 aliphatic carbocycles. The number of alkyl halides is 3. The summed E-state index contributed by atoms with van der Waals surface area (Å²) in [5, 5.41) is 21.1. The first-order valence-corrected chi connectivity index (χ1v) is 10.8. The van der Waals surface area contributed by atoms with E-state index in [0.717, 1.165) is 18.2 Å². The molecule has 3 aromatic rings. The predicted molar refractivity (Wildman–Crippen MR) is 125 cm³/mol. The molecule has 0 spiro atoms. The number of ether oxygens (including phenoxy) is 2. The molecule has 0 aliphatic rings. The first-order chi connectivity index (χ1) is 17.3. The van der Waals surface area contributed by atoms with Gasteiger partial charge in [-0.15, -0.1) is 0 Å². The molecule has 0 aliphatic heterocycles. The molecule has 2 aromatic carbocycles. The first-order valence-electron chi connectivity index (χ1n) is 10.8. The van der Waals surface area contributed by atoms with E-state index >= 15 is 0 Å². The predicted octanol–water partition coefficient (Wildman–Crippen LogP) is 5.61. The van der Waals surface area contributed by atoms with Crippen molar-refractivity contribution in [3.8, 4) is 16.9 Å². The van der Waals surface area contributed by atoms with Crippen molar-refractivity contribution in [3.05, 3.63) is 86.7 Å². The van der Waals surface area contributed by atoms with Crippen molar-refractivity contribution in [2.75, 3.05) is 6.61 Å². The van der Waals surface area contributed by atoms with Crippen molar-refractivity contribution in [1.29, 1.82) is 0 Å². The van der Waals surface area contributed by atoms with Gasteiger partial charge in [0, 0.05) is 17.7 Å². The molecule has 0 saturated carbocycles. The number of nitro groups is 1. The Morgan fingerprint density at radius 2 is 1.73 bits per heavy atom. The fourth-order valence-corrected chi connectivity index (χ4v) is 3.70. The standard InChI is InChI=1S/C25H21F3N2O7/c1-13(37-19-9-5-7-17(11-19)25(26,27)28)12-36-24(33)21-15(3)29-14(2)20(23(31)32)22(21)16-6-4-8-18(10-16)30(34)35/h4-11,13H,12H2,1-3H3,(H,31,32). The summed E-state index contributed by atoms with van der Waals surface area (Å²) < 4.78 is 49.6. The van der Waals surface area contributed by atoms with Crippen molar-refractivity contribution in [1.82, 2.24) is 4.98 Å². The lowest BCUT2D eigenvalue weighted by atomic mass is 9.92. The van der Waals surface area contributed by atoms with Crippen molar-refractivity contribution in [3.63, 3.8) is 0 Å². The number of nitrogens with zero attached hydrogens (tertiary/aromatic N) is 2. The smallest absolute Gasteiger partial charge is 0.416 e. The Hall–Kier alpha value is -4.48. The van der Waals surface area contributed by atoms with Crippen LogP contribution in [0.25, 0.3) is 11.1 Å². The maximum absolute atomic E-state index is 13.1. The van der Waals surface area contributed by atoms with Gasteiger partial charge in [0.15, 0.2) is 0 Å². The zero-order valence-corrected chi connectivity index (χ0v) is 19.8. The van der Waals surface area contributed by atoms with Crippen LogP contribution in [0.3, 0.4) is 0 Å². The minimum Gasteiger partial charge on any atom is -0.487 e. The van der Waals surface area contributed by atoms with E-state index in [1.807, 2.05) is 0 Å². The van der Waals surface area contributed by atoms with Crippen molar-refractivity contribution in [2.24, 2.45) is 0 Å². The monoisotopic (exact) mass is 518 g/mol. The van der Waals surface area contributed by atoms with E-state index in [2.05, 4.69) is 4.98 Å². The Kier molecular flexibility index (Phi) is 7.80. The summed E-state index contributed by atoms with van der Waals surface area (Å²) in [6, 6.07) is 9.32. The number of esters is 1. The highest BCUT2D eigenvalue weighted by Crippen LogP contribution is 2.34. The fourth-order valence-electron chi connectivity index (χ4n) is 3.70. The Bertz CT molecular complexity index is 1370. The third-order valence-electron chi connectivity index (χ3n) is 5.27. The molecule has 1 heterocycles. The number of hydrogen-bond donors (Lipinski definition) is 1. The second-order valence-electron chi connectivity index (χ2n) is 8.07. The zero-order valence-electron chi connectivity index (χ0n) is 19.8. The summed E-state index contributed by atoms with van der Waals surface area (Å²) in [4.78, 5) is 39.9. The van der Waals surface area contributed by atoms with E-state index in [0.29, 0.717) is 0 Å². The van der Waals surface area contributed by atoms with Gasteiger partial charge in [-0.3, -0.25) is 15.1 Å². The largest absolute Gasteiger partial charge is 0.487 e. The molecule has 12 heteroatoms. The number of aromatic carboxylic acids is 1. The number of hydrogen-bond acceptors (Lipinski definition) is 7. The molecular formula is C25H21F3N2O7. The summed E-state index contributed by atoms with van der Waals surface area (Å²) >= 11 is 0. The van der Waals surface area contributed by atoms with Gasteiger partial charge in [0.05, 0.1) is 33.0 Å². The van der Waals surface area contributed by atoms with Gasteiger partial charge in [0.25, 0.3) is 5.69 Å². The number of benzene rings is 2. The highest BCUT2D eigenvalue weighted by Gasteiger charge is 2.31. The molecule has 1 unspecified atom stereocenters. The van der Waals surface area contributed by atoms with Gasteiger partial charge in [-0.1, -0.05) is 18.2 Å². The average molecular weight is 518 g/mol. The maximum atomic E-state index is 13.1. The molecular weight excluding hydrogens is 497 g/mol. The summed E-state index contributed by atoms with van der Waals surface area (Å²) in [6.07, 6.45) is -5.43. The van der Waals surface area contributed by atoms with Crippen LogP contribution in [0, 0.1) is 24.0 Å². The number of rotatable bonds is 8. The number of carboxylic acid groups (broad SMARTS) is 1. The van der Waals surface area contributed by atoms with Crippen molar-refractivity contribution < 1.29 is 42.3 Å². The van der Waals surface area contributed by atoms with Gasteiger partial charge in [-0.05, 0) is 44.5 Å². The van der Waals surface area contributed by atoms with Gasteiger partial charge in [0.2, 0.25) is 0 Å². The molecule has 194 valence electrons. The number of aromatic nitrogens is 1. The Morgan fingerprint density at radius 1 is 1.08 bits per heavy atom. The lowest BCUT2D eigenvalue weighted by molar-refractivity contribution is -0.384. The number of carbonyl (C=O) groups excluding carboxylic acids is 1. The minimum atomic E-state index is -4.56. The van der Waals surface area contributed by atoms with Crippen LogP contribution in [0.5, 0.6) is 5.75 Å². The molecule has 37 heavy (non-hydrogen) atoms.